The van der Waals surface area contributed by atoms with Crippen LogP contribution in [-0.2, 0) is 4.84 Å². The lowest BCUT2D eigenvalue weighted by atomic mass is 10.1. The minimum atomic E-state index is 0.681. The molecule has 1 rings (SSSR count). The van der Waals surface area contributed by atoms with Gasteiger partial charge in [0.25, 0.3) is 0 Å². The quantitative estimate of drug-likeness (QED) is 0.356. The zero-order valence-electron chi connectivity index (χ0n) is 7.49. The molecule has 1 aliphatic rings. The summed E-state index contributed by atoms with van der Waals surface area (Å²) in [5.74, 6) is 0. The van der Waals surface area contributed by atoms with E-state index in [9.17, 15) is 0 Å². The van der Waals surface area contributed by atoms with Gasteiger partial charge in [-0.3, -0.25) is 0 Å². The van der Waals surface area contributed by atoms with Gasteiger partial charge in [0.05, 0.1) is 0 Å². The normalized spacial score (nSPS) is 16.6. The van der Waals surface area contributed by atoms with Crippen molar-refractivity contribution in [2.24, 2.45) is 5.16 Å². The molecule has 0 atom stereocenters. The zero-order chi connectivity index (χ0) is 8.65. The summed E-state index contributed by atoms with van der Waals surface area (Å²) >= 11 is 0. The van der Waals surface area contributed by atoms with Crippen molar-refractivity contribution in [1.29, 1.82) is 0 Å². The van der Waals surface area contributed by atoms with Gasteiger partial charge in [0.2, 0.25) is 0 Å². The SMILES string of the molecule is C/C=N/OCCC1=CCCC=C1. The highest BCUT2D eigenvalue weighted by Gasteiger charge is 1.96. The van der Waals surface area contributed by atoms with Gasteiger partial charge in [-0.05, 0) is 25.3 Å². The van der Waals surface area contributed by atoms with E-state index in [2.05, 4.69) is 23.4 Å². The van der Waals surface area contributed by atoms with Crippen LogP contribution in [0.15, 0.2) is 29.0 Å². The molecule has 2 heteroatoms. The fourth-order valence-corrected chi connectivity index (χ4v) is 1.14. The molecule has 0 aliphatic heterocycles. The molecule has 0 aromatic heterocycles. The molecule has 0 heterocycles. The van der Waals surface area contributed by atoms with Gasteiger partial charge in [-0.1, -0.05) is 23.4 Å². The molecule has 0 bridgehead atoms. The van der Waals surface area contributed by atoms with Gasteiger partial charge in [-0.15, -0.1) is 0 Å². The molecule has 0 N–H and O–H groups in total. The van der Waals surface area contributed by atoms with Gasteiger partial charge >= 0.3 is 0 Å². The van der Waals surface area contributed by atoms with Crippen LogP contribution < -0.4 is 0 Å². The van der Waals surface area contributed by atoms with Crippen molar-refractivity contribution in [3.8, 4) is 0 Å². The molecule has 0 aromatic rings. The average Bonchev–Trinajstić information content (AvgIpc) is 2.14. The molecule has 66 valence electrons. The Hall–Kier alpha value is -1.05. The summed E-state index contributed by atoms with van der Waals surface area (Å²) in [6.07, 6.45) is 11.6. The minimum absolute atomic E-state index is 0.681. The van der Waals surface area contributed by atoms with Crippen LogP contribution >= 0.6 is 0 Å². The van der Waals surface area contributed by atoms with E-state index in [0.29, 0.717) is 6.61 Å². The molecule has 0 unspecified atom stereocenters. The van der Waals surface area contributed by atoms with Crippen molar-refractivity contribution in [2.75, 3.05) is 6.61 Å². The maximum Gasteiger partial charge on any atom is 0.121 e. The van der Waals surface area contributed by atoms with Crippen molar-refractivity contribution >= 4 is 6.21 Å². The highest BCUT2D eigenvalue weighted by molar-refractivity contribution is 5.52. The van der Waals surface area contributed by atoms with Gasteiger partial charge in [-0.2, -0.15) is 0 Å². The fraction of sp³-hybridized carbons (Fsp3) is 0.500. The predicted octanol–water partition coefficient (Wildman–Crippen LogP) is 2.68. The van der Waals surface area contributed by atoms with E-state index < -0.39 is 0 Å². The van der Waals surface area contributed by atoms with E-state index in [-0.39, 0.29) is 0 Å². The second-order valence-corrected chi connectivity index (χ2v) is 2.71. The van der Waals surface area contributed by atoms with E-state index in [4.69, 9.17) is 4.84 Å². The van der Waals surface area contributed by atoms with Crippen molar-refractivity contribution < 1.29 is 4.84 Å². The summed E-state index contributed by atoms with van der Waals surface area (Å²) in [5, 5.41) is 3.68. The van der Waals surface area contributed by atoms with E-state index >= 15 is 0 Å². The number of rotatable bonds is 4. The molecule has 0 saturated heterocycles. The molecular formula is C10H15NO. The summed E-state index contributed by atoms with van der Waals surface area (Å²) in [7, 11) is 0. The van der Waals surface area contributed by atoms with Crippen molar-refractivity contribution in [3.05, 3.63) is 23.8 Å². The Balaban J connectivity index is 2.14. The van der Waals surface area contributed by atoms with E-state index in [0.717, 1.165) is 6.42 Å². The highest BCUT2D eigenvalue weighted by atomic mass is 16.6. The van der Waals surface area contributed by atoms with E-state index in [1.165, 1.54) is 18.4 Å². The molecule has 0 radical (unpaired) electrons. The van der Waals surface area contributed by atoms with Crippen molar-refractivity contribution in [3.63, 3.8) is 0 Å². The first kappa shape index (κ1) is 9.04. The molecule has 0 spiro atoms. The largest absolute Gasteiger partial charge is 0.396 e. The maximum absolute atomic E-state index is 4.98. The molecule has 0 saturated carbocycles. The Morgan fingerprint density at radius 1 is 1.58 bits per heavy atom. The summed E-state index contributed by atoms with van der Waals surface area (Å²) in [4.78, 5) is 4.98. The van der Waals surface area contributed by atoms with Crippen LogP contribution in [0.25, 0.3) is 0 Å². The van der Waals surface area contributed by atoms with Crippen LogP contribution in [0.2, 0.25) is 0 Å². The standard InChI is InChI=1S/C10H15NO/c1-2-11-12-9-8-10-6-4-3-5-7-10/h2,4,6-7H,3,5,8-9H2,1H3/b11-2+. The fourth-order valence-electron chi connectivity index (χ4n) is 1.14. The molecule has 0 aromatic carbocycles. The lowest BCUT2D eigenvalue weighted by Gasteiger charge is -2.04. The minimum Gasteiger partial charge on any atom is -0.396 e. The lowest BCUT2D eigenvalue weighted by molar-refractivity contribution is 0.149. The second kappa shape index (κ2) is 5.58. The molecule has 1 aliphatic carbocycles. The van der Waals surface area contributed by atoms with Crippen LogP contribution in [0.1, 0.15) is 26.2 Å². The number of hydrogen-bond donors (Lipinski definition) is 0. The van der Waals surface area contributed by atoms with Crippen LogP contribution in [-0.4, -0.2) is 12.8 Å². The summed E-state index contributed by atoms with van der Waals surface area (Å²) in [6, 6.07) is 0. The summed E-state index contributed by atoms with van der Waals surface area (Å²) in [5.41, 5.74) is 1.37. The van der Waals surface area contributed by atoms with E-state index in [1.807, 2.05) is 6.92 Å². The number of nitrogens with zero attached hydrogens (tertiary/aromatic N) is 1. The first-order chi connectivity index (χ1) is 5.93. The second-order valence-electron chi connectivity index (χ2n) is 2.71. The Kier molecular flexibility index (Phi) is 4.21. The van der Waals surface area contributed by atoms with Crippen LogP contribution in [0.3, 0.4) is 0 Å². The van der Waals surface area contributed by atoms with Crippen LogP contribution in [0, 0.1) is 0 Å². The molecule has 0 amide bonds. The van der Waals surface area contributed by atoms with Gasteiger partial charge in [0, 0.05) is 12.6 Å². The maximum atomic E-state index is 4.98. The topological polar surface area (TPSA) is 21.6 Å². The van der Waals surface area contributed by atoms with E-state index in [1.54, 1.807) is 6.21 Å². The van der Waals surface area contributed by atoms with Gasteiger partial charge < -0.3 is 4.84 Å². The molecule has 0 fully saturated rings. The Morgan fingerprint density at radius 2 is 2.50 bits per heavy atom. The third-order valence-corrected chi connectivity index (χ3v) is 1.73. The number of allylic oxidation sites excluding steroid dienone is 3. The Morgan fingerprint density at radius 3 is 3.17 bits per heavy atom. The highest BCUT2D eigenvalue weighted by Crippen LogP contribution is 2.12. The number of hydrogen-bond acceptors (Lipinski definition) is 2. The van der Waals surface area contributed by atoms with Crippen LogP contribution in [0.5, 0.6) is 0 Å². The summed E-state index contributed by atoms with van der Waals surface area (Å²) in [6.45, 7) is 2.53. The average molecular weight is 165 g/mol. The van der Waals surface area contributed by atoms with Gasteiger partial charge in [0.15, 0.2) is 0 Å². The Bertz CT molecular complexity index is 204. The van der Waals surface area contributed by atoms with Crippen molar-refractivity contribution in [1.82, 2.24) is 0 Å². The Labute approximate surface area is 73.6 Å². The number of oxime groups is 1. The van der Waals surface area contributed by atoms with Crippen molar-refractivity contribution in [2.45, 2.75) is 26.2 Å². The third kappa shape index (κ3) is 3.37. The molecular weight excluding hydrogens is 150 g/mol. The monoisotopic (exact) mass is 165 g/mol. The smallest absolute Gasteiger partial charge is 0.121 e. The summed E-state index contributed by atoms with van der Waals surface area (Å²) < 4.78 is 0. The molecule has 2 nitrogen and oxygen atoms in total. The van der Waals surface area contributed by atoms with Gasteiger partial charge in [-0.25, -0.2) is 0 Å². The zero-order valence-corrected chi connectivity index (χ0v) is 7.49. The first-order valence-electron chi connectivity index (χ1n) is 4.39. The molecule has 12 heavy (non-hydrogen) atoms. The first-order valence-corrected chi connectivity index (χ1v) is 4.39. The lowest BCUT2D eigenvalue weighted by Crippen LogP contribution is -1.92. The van der Waals surface area contributed by atoms with Gasteiger partial charge in [0.1, 0.15) is 6.61 Å². The third-order valence-electron chi connectivity index (χ3n) is 1.73. The van der Waals surface area contributed by atoms with Crippen LogP contribution in [0.4, 0.5) is 0 Å². The predicted molar refractivity (Wildman–Crippen MR) is 51.2 cm³/mol.